The molecule has 0 radical (unpaired) electrons. The second-order valence-electron chi connectivity index (χ2n) is 4.83. The number of aryl methyl sites for hydroxylation is 1. The summed E-state index contributed by atoms with van der Waals surface area (Å²) in [5, 5.41) is 7.90. The lowest BCUT2D eigenvalue weighted by molar-refractivity contribution is -0.136. The van der Waals surface area contributed by atoms with Gasteiger partial charge in [0.05, 0.1) is 23.9 Å². The van der Waals surface area contributed by atoms with Crippen molar-refractivity contribution in [3.63, 3.8) is 0 Å². The molecule has 0 aliphatic heterocycles. The number of carbonyl (C=O) groups is 2. The highest BCUT2D eigenvalue weighted by Gasteiger charge is 2.14. The maximum absolute atomic E-state index is 11.9. The maximum atomic E-state index is 11.9. The minimum absolute atomic E-state index is 0.237. The Hall–Kier alpha value is -2.25. The number of hydrogen-bond donors (Lipinski definition) is 2. The second kappa shape index (κ2) is 8.40. The van der Waals surface area contributed by atoms with Crippen LogP contribution in [0.3, 0.4) is 0 Å². The molecule has 2 rings (SSSR count). The van der Waals surface area contributed by atoms with Crippen LogP contribution in [-0.2, 0) is 27.5 Å². The third-order valence-corrected chi connectivity index (χ3v) is 3.78. The SMILES string of the molecule is CCOCc1cccc(NC(=O)C(=O)NCc2csc(C)n2)c1. The van der Waals surface area contributed by atoms with Gasteiger partial charge in [0.25, 0.3) is 0 Å². The number of rotatable bonds is 6. The lowest BCUT2D eigenvalue weighted by Crippen LogP contribution is -2.35. The van der Waals surface area contributed by atoms with Gasteiger partial charge >= 0.3 is 11.8 Å². The van der Waals surface area contributed by atoms with Crippen LogP contribution in [0.5, 0.6) is 0 Å². The smallest absolute Gasteiger partial charge is 0.313 e. The number of aromatic nitrogens is 1. The molecule has 0 unspecified atom stereocenters. The lowest BCUT2D eigenvalue weighted by Gasteiger charge is -2.07. The molecule has 6 nitrogen and oxygen atoms in total. The van der Waals surface area contributed by atoms with Crippen LogP contribution in [0.1, 0.15) is 23.2 Å². The Morgan fingerprint density at radius 2 is 2.13 bits per heavy atom. The Balaban J connectivity index is 1.86. The first-order valence-electron chi connectivity index (χ1n) is 7.25. The first-order chi connectivity index (χ1) is 11.1. The van der Waals surface area contributed by atoms with E-state index >= 15 is 0 Å². The molecule has 2 N–H and O–H groups in total. The van der Waals surface area contributed by atoms with Gasteiger partial charge in [-0.1, -0.05) is 12.1 Å². The van der Waals surface area contributed by atoms with Crippen LogP contribution in [0.25, 0.3) is 0 Å². The maximum Gasteiger partial charge on any atom is 0.313 e. The number of anilines is 1. The third kappa shape index (κ3) is 5.46. The van der Waals surface area contributed by atoms with Gasteiger partial charge in [0.2, 0.25) is 0 Å². The van der Waals surface area contributed by atoms with Crippen molar-refractivity contribution in [2.45, 2.75) is 27.0 Å². The topological polar surface area (TPSA) is 80.3 Å². The van der Waals surface area contributed by atoms with Crippen LogP contribution in [0.15, 0.2) is 29.6 Å². The van der Waals surface area contributed by atoms with E-state index < -0.39 is 11.8 Å². The molecule has 2 aromatic rings. The quantitative estimate of drug-likeness (QED) is 0.795. The van der Waals surface area contributed by atoms with E-state index in [1.54, 1.807) is 18.2 Å². The predicted molar refractivity (Wildman–Crippen MR) is 89.1 cm³/mol. The molecule has 0 bridgehead atoms. The molecular formula is C16H19N3O3S. The summed E-state index contributed by atoms with van der Waals surface area (Å²) < 4.78 is 5.32. The molecule has 0 spiro atoms. The van der Waals surface area contributed by atoms with Gasteiger partial charge in [-0.15, -0.1) is 11.3 Å². The number of carbonyl (C=O) groups excluding carboxylic acids is 2. The van der Waals surface area contributed by atoms with Crippen molar-refractivity contribution >= 4 is 28.8 Å². The Labute approximate surface area is 138 Å². The number of nitrogens with one attached hydrogen (secondary N) is 2. The van der Waals surface area contributed by atoms with E-state index in [1.165, 1.54) is 11.3 Å². The van der Waals surface area contributed by atoms with Crippen LogP contribution in [0.4, 0.5) is 5.69 Å². The summed E-state index contributed by atoms with van der Waals surface area (Å²) in [6, 6.07) is 7.21. The molecule has 7 heteroatoms. The van der Waals surface area contributed by atoms with Gasteiger partial charge in [0.1, 0.15) is 0 Å². The number of ether oxygens (including phenoxy) is 1. The van der Waals surface area contributed by atoms with E-state index in [0.717, 1.165) is 16.3 Å². The summed E-state index contributed by atoms with van der Waals surface area (Å²) in [7, 11) is 0. The zero-order chi connectivity index (χ0) is 16.7. The average molecular weight is 333 g/mol. The van der Waals surface area contributed by atoms with Crippen molar-refractivity contribution in [1.82, 2.24) is 10.3 Å². The van der Waals surface area contributed by atoms with E-state index in [0.29, 0.717) is 18.9 Å². The minimum Gasteiger partial charge on any atom is -0.377 e. The van der Waals surface area contributed by atoms with Crippen LogP contribution >= 0.6 is 11.3 Å². The number of amides is 2. The molecule has 0 aliphatic rings. The van der Waals surface area contributed by atoms with E-state index in [-0.39, 0.29) is 6.54 Å². The van der Waals surface area contributed by atoms with Gasteiger partial charge in [-0.05, 0) is 31.5 Å². The van der Waals surface area contributed by atoms with Crippen molar-refractivity contribution in [2.75, 3.05) is 11.9 Å². The highest BCUT2D eigenvalue weighted by molar-refractivity contribution is 7.09. The predicted octanol–water partition coefficient (Wildman–Crippen LogP) is 2.24. The molecule has 0 saturated carbocycles. The Bertz CT molecular complexity index is 685. The third-order valence-electron chi connectivity index (χ3n) is 2.96. The Morgan fingerprint density at radius 1 is 1.30 bits per heavy atom. The highest BCUT2D eigenvalue weighted by Crippen LogP contribution is 2.12. The second-order valence-corrected chi connectivity index (χ2v) is 5.89. The van der Waals surface area contributed by atoms with Gasteiger partial charge in [-0.2, -0.15) is 0 Å². The van der Waals surface area contributed by atoms with E-state index in [2.05, 4.69) is 15.6 Å². The van der Waals surface area contributed by atoms with Gasteiger partial charge in [0, 0.05) is 17.7 Å². The summed E-state index contributed by atoms with van der Waals surface area (Å²) in [5.74, 6) is -1.39. The van der Waals surface area contributed by atoms with Gasteiger partial charge < -0.3 is 15.4 Å². The normalized spacial score (nSPS) is 10.3. The summed E-state index contributed by atoms with van der Waals surface area (Å²) in [6.07, 6.45) is 0. The van der Waals surface area contributed by atoms with Crippen molar-refractivity contribution in [3.05, 3.63) is 45.9 Å². The molecule has 1 aromatic carbocycles. The van der Waals surface area contributed by atoms with E-state index in [4.69, 9.17) is 4.74 Å². The first-order valence-corrected chi connectivity index (χ1v) is 8.13. The minimum atomic E-state index is -0.703. The van der Waals surface area contributed by atoms with Crippen LogP contribution in [0, 0.1) is 6.92 Å². The number of hydrogen-bond acceptors (Lipinski definition) is 5. The van der Waals surface area contributed by atoms with E-state index in [1.807, 2.05) is 25.3 Å². The fourth-order valence-electron chi connectivity index (χ4n) is 1.89. The summed E-state index contributed by atoms with van der Waals surface area (Å²) in [4.78, 5) is 27.9. The van der Waals surface area contributed by atoms with Crippen LogP contribution in [-0.4, -0.2) is 23.4 Å². The van der Waals surface area contributed by atoms with Crippen molar-refractivity contribution in [1.29, 1.82) is 0 Å². The number of nitrogens with zero attached hydrogens (tertiary/aromatic N) is 1. The monoisotopic (exact) mass is 333 g/mol. The molecule has 2 amide bonds. The molecular weight excluding hydrogens is 314 g/mol. The fourth-order valence-corrected chi connectivity index (χ4v) is 2.50. The molecule has 0 atom stereocenters. The Morgan fingerprint density at radius 3 is 2.83 bits per heavy atom. The Kier molecular flexibility index (Phi) is 6.25. The van der Waals surface area contributed by atoms with Crippen molar-refractivity contribution < 1.29 is 14.3 Å². The van der Waals surface area contributed by atoms with Gasteiger partial charge in [-0.25, -0.2) is 4.98 Å². The first kappa shape index (κ1) is 17.1. The van der Waals surface area contributed by atoms with Crippen molar-refractivity contribution in [3.8, 4) is 0 Å². The average Bonchev–Trinajstić information content (AvgIpc) is 2.96. The highest BCUT2D eigenvalue weighted by atomic mass is 32.1. The number of thiazole rings is 1. The molecule has 0 fully saturated rings. The largest absolute Gasteiger partial charge is 0.377 e. The lowest BCUT2D eigenvalue weighted by atomic mass is 10.2. The van der Waals surface area contributed by atoms with Crippen LogP contribution in [0.2, 0.25) is 0 Å². The van der Waals surface area contributed by atoms with Gasteiger partial charge in [0.15, 0.2) is 0 Å². The summed E-state index contributed by atoms with van der Waals surface area (Å²) in [6.45, 7) is 5.13. The van der Waals surface area contributed by atoms with Gasteiger partial charge in [-0.3, -0.25) is 9.59 Å². The van der Waals surface area contributed by atoms with E-state index in [9.17, 15) is 9.59 Å². The molecule has 122 valence electrons. The molecule has 0 saturated heterocycles. The zero-order valence-electron chi connectivity index (χ0n) is 13.1. The zero-order valence-corrected chi connectivity index (χ0v) is 13.9. The summed E-state index contributed by atoms with van der Waals surface area (Å²) >= 11 is 1.50. The van der Waals surface area contributed by atoms with Crippen molar-refractivity contribution in [2.24, 2.45) is 0 Å². The number of benzene rings is 1. The molecule has 0 aliphatic carbocycles. The fraction of sp³-hybridized carbons (Fsp3) is 0.312. The standard InChI is InChI=1S/C16H19N3O3S/c1-3-22-9-12-5-4-6-13(7-12)19-16(21)15(20)17-8-14-10-23-11(2)18-14/h4-7,10H,3,8-9H2,1-2H3,(H,17,20)(H,19,21). The molecule has 23 heavy (non-hydrogen) atoms. The van der Waals surface area contributed by atoms with Crippen LogP contribution < -0.4 is 10.6 Å². The summed E-state index contributed by atoms with van der Waals surface area (Å²) in [5.41, 5.74) is 2.24. The molecule has 1 heterocycles. The molecule has 1 aromatic heterocycles.